The molecule has 0 fully saturated rings. The summed E-state index contributed by atoms with van der Waals surface area (Å²) in [7, 11) is 4.75. The molecule has 0 aromatic heterocycles. The highest BCUT2D eigenvalue weighted by Crippen LogP contribution is 2.30. The Balaban J connectivity index is 1.93. The molecule has 26 heavy (non-hydrogen) atoms. The Labute approximate surface area is 162 Å². The van der Waals surface area contributed by atoms with E-state index in [0.29, 0.717) is 17.2 Å². The van der Waals surface area contributed by atoms with Crippen molar-refractivity contribution >= 4 is 27.5 Å². The number of carbonyl (C=O) groups excluding carboxylic acids is 1. The van der Waals surface area contributed by atoms with Crippen molar-refractivity contribution in [2.45, 2.75) is 13.0 Å². The van der Waals surface area contributed by atoms with E-state index < -0.39 is 0 Å². The van der Waals surface area contributed by atoms with E-state index in [-0.39, 0.29) is 18.5 Å². The van der Waals surface area contributed by atoms with Gasteiger partial charge in [-0.1, -0.05) is 6.07 Å². The first-order valence-corrected chi connectivity index (χ1v) is 8.86. The van der Waals surface area contributed by atoms with Gasteiger partial charge in [0.15, 0.2) is 11.5 Å². The van der Waals surface area contributed by atoms with E-state index >= 15 is 0 Å². The van der Waals surface area contributed by atoms with Gasteiger partial charge in [-0.25, -0.2) is 0 Å². The van der Waals surface area contributed by atoms with Crippen molar-refractivity contribution in [3.05, 3.63) is 46.4 Å². The van der Waals surface area contributed by atoms with E-state index in [1.54, 1.807) is 39.5 Å². The zero-order valence-electron chi connectivity index (χ0n) is 15.3. The van der Waals surface area contributed by atoms with E-state index in [1.807, 2.05) is 25.1 Å². The maximum absolute atomic E-state index is 12.2. The standard InChI is InChI=1S/C19H23BrN2O4/c1-12(13-5-7-16(24-2)15(20)9-13)21-11-19(23)22-14-6-8-17(25-3)18(10-14)26-4/h5-10,12,21H,11H2,1-4H3,(H,22,23). The molecule has 1 atom stereocenters. The van der Waals surface area contributed by atoms with Gasteiger partial charge < -0.3 is 24.8 Å². The summed E-state index contributed by atoms with van der Waals surface area (Å²) >= 11 is 3.47. The number of rotatable bonds is 8. The van der Waals surface area contributed by atoms with Crippen molar-refractivity contribution in [3.63, 3.8) is 0 Å². The fourth-order valence-corrected chi connectivity index (χ4v) is 2.99. The number of amides is 1. The fraction of sp³-hybridized carbons (Fsp3) is 0.316. The molecular formula is C19H23BrN2O4. The Morgan fingerprint density at radius 2 is 1.65 bits per heavy atom. The summed E-state index contributed by atoms with van der Waals surface area (Å²) in [5.74, 6) is 1.81. The molecule has 140 valence electrons. The number of carbonyl (C=O) groups is 1. The predicted octanol–water partition coefficient (Wildman–Crippen LogP) is 3.76. The van der Waals surface area contributed by atoms with Gasteiger partial charge in [-0.3, -0.25) is 4.79 Å². The first-order valence-electron chi connectivity index (χ1n) is 8.07. The second-order valence-corrected chi connectivity index (χ2v) is 6.47. The second kappa shape index (κ2) is 9.45. The molecule has 0 heterocycles. The summed E-state index contributed by atoms with van der Waals surface area (Å²) in [6, 6.07) is 11.1. The van der Waals surface area contributed by atoms with E-state index in [4.69, 9.17) is 14.2 Å². The normalized spacial score (nSPS) is 11.6. The minimum absolute atomic E-state index is 0.00774. The Hall–Kier alpha value is -2.25. The van der Waals surface area contributed by atoms with Crippen LogP contribution >= 0.6 is 15.9 Å². The maximum Gasteiger partial charge on any atom is 0.238 e. The Morgan fingerprint density at radius 3 is 2.27 bits per heavy atom. The zero-order valence-corrected chi connectivity index (χ0v) is 16.8. The first-order chi connectivity index (χ1) is 12.5. The van der Waals surface area contributed by atoms with E-state index in [2.05, 4.69) is 26.6 Å². The fourth-order valence-electron chi connectivity index (χ4n) is 2.43. The number of hydrogen-bond acceptors (Lipinski definition) is 5. The smallest absolute Gasteiger partial charge is 0.238 e. The molecule has 2 aromatic carbocycles. The molecular weight excluding hydrogens is 400 g/mol. The largest absolute Gasteiger partial charge is 0.496 e. The third-order valence-electron chi connectivity index (χ3n) is 3.91. The number of halogens is 1. The molecule has 0 saturated heterocycles. The lowest BCUT2D eigenvalue weighted by Crippen LogP contribution is -2.30. The van der Waals surface area contributed by atoms with Crippen LogP contribution in [-0.2, 0) is 4.79 Å². The van der Waals surface area contributed by atoms with Crippen molar-refractivity contribution in [1.82, 2.24) is 5.32 Å². The number of methoxy groups -OCH3 is 3. The summed E-state index contributed by atoms with van der Waals surface area (Å²) in [6.45, 7) is 2.18. The minimum Gasteiger partial charge on any atom is -0.496 e. The first kappa shape index (κ1) is 20.1. The Bertz CT molecular complexity index is 767. The summed E-state index contributed by atoms with van der Waals surface area (Å²) < 4.78 is 16.5. The van der Waals surface area contributed by atoms with Crippen molar-refractivity contribution < 1.29 is 19.0 Å². The van der Waals surface area contributed by atoms with Gasteiger partial charge in [0.25, 0.3) is 0 Å². The number of ether oxygens (including phenoxy) is 3. The van der Waals surface area contributed by atoms with Gasteiger partial charge in [-0.15, -0.1) is 0 Å². The number of benzene rings is 2. The average Bonchev–Trinajstić information content (AvgIpc) is 2.65. The number of hydrogen-bond donors (Lipinski definition) is 2. The van der Waals surface area contributed by atoms with Crippen LogP contribution < -0.4 is 24.8 Å². The Morgan fingerprint density at radius 1 is 1.00 bits per heavy atom. The molecule has 1 unspecified atom stereocenters. The highest BCUT2D eigenvalue weighted by Gasteiger charge is 2.11. The summed E-state index contributed by atoms with van der Waals surface area (Å²) in [5.41, 5.74) is 1.70. The van der Waals surface area contributed by atoms with Crippen LogP contribution in [0.1, 0.15) is 18.5 Å². The van der Waals surface area contributed by atoms with Gasteiger partial charge in [-0.05, 0) is 52.7 Å². The molecule has 2 N–H and O–H groups in total. The number of anilines is 1. The van der Waals surface area contributed by atoms with Crippen LogP contribution in [0.15, 0.2) is 40.9 Å². The van der Waals surface area contributed by atoms with Crippen LogP contribution in [0.4, 0.5) is 5.69 Å². The van der Waals surface area contributed by atoms with Gasteiger partial charge in [0.2, 0.25) is 5.91 Å². The molecule has 0 bridgehead atoms. The van der Waals surface area contributed by atoms with Crippen LogP contribution in [0.2, 0.25) is 0 Å². The van der Waals surface area contributed by atoms with Gasteiger partial charge in [-0.2, -0.15) is 0 Å². The summed E-state index contributed by atoms with van der Waals surface area (Å²) in [5, 5.41) is 6.04. The molecule has 6 nitrogen and oxygen atoms in total. The molecule has 2 rings (SSSR count). The molecule has 0 spiro atoms. The monoisotopic (exact) mass is 422 g/mol. The summed E-state index contributed by atoms with van der Waals surface area (Å²) in [6.07, 6.45) is 0. The third-order valence-corrected chi connectivity index (χ3v) is 4.53. The zero-order chi connectivity index (χ0) is 19.1. The van der Waals surface area contributed by atoms with E-state index in [9.17, 15) is 4.79 Å². The molecule has 1 amide bonds. The van der Waals surface area contributed by atoms with Crippen LogP contribution in [-0.4, -0.2) is 33.8 Å². The molecule has 0 aliphatic carbocycles. The molecule has 7 heteroatoms. The quantitative estimate of drug-likeness (QED) is 0.677. The van der Waals surface area contributed by atoms with Crippen molar-refractivity contribution in [2.75, 3.05) is 33.2 Å². The molecule has 0 radical (unpaired) electrons. The predicted molar refractivity (Wildman–Crippen MR) is 105 cm³/mol. The molecule has 0 saturated carbocycles. The van der Waals surface area contributed by atoms with Crippen molar-refractivity contribution in [1.29, 1.82) is 0 Å². The maximum atomic E-state index is 12.2. The third kappa shape index (κ3) is 5.12. The van der Waals surface area contributed by atoms with E-state index in [1.165, 1.54) is 0 Å². The lowest BCUT2D eigenvalue weighted by atomic mass is 10.1. The van der Waals surface area contributed by atoms with Gasteiger partial charge in [0.05, 0.1) is 32.3 Å². The van der Waals surface area contributed by atoms with Crippen LogP contribution in [0.25, 0.3) is 0 Å². The van der Waals surface area contributed by atoms with Crippen LogP contribution in [0, 0.1) is 0 Å². The highest BCUT2D eigenvalue weighted by atomic mass is 79.9. The van der Waals surface area contributed by atoms with Crippen LogP contribution in [0.5, 0.6) is 17.2 Å². The summed E-state index contributed by atoms with van der Waals surface area (Å²) in [4.78, 5) is 12.2. The van der Waals surface area contributed by atoms with Crippen molar-refractivity contribution in [3.8, 4) is 17.2 Å². The topological polar surface area (TPSA) is 68.8 Å². The SMILES string of the molecule is COc1ccc(C(C)NCC(=O)Nc2ccc(OC)c(OC)c2)cc1Br. The Kier molecular flexibility index (Phi) is 7.29. The average molecular weight is 423 g/mol. The van der Waals surface area contributed by atoms with Gasteiger partial charge in [0.1, 0.15) is 5.75 Å². The lowest BCUT2D eigenvalue weighted by Gasteiger charge is -2.16. The van der Waals surface area contributed by atoms with Crippen LogP contribution in [0.3, 0.4) is 0 Å². The number of nitrogens with one attached hydrogen (secondary N) is 2. The molecule has 0 aliphatic rings. The lowest BCUT2D eigenvalue weighted by molar-refractivity contribution is -0.115. The van der Waals surface area contributed by atoms with E-state index in [0.717, 1.165) is 15.8 Å². The molecule has 2 aromatic rings. The molecule has 0 aliphatic heterocycles. The van der Waals surface area contributed by atoms with Crippen molar-refractivity contribution in [2.24, 2.45) is 0 Å². The van der Waals surface area contributed by atoms with Gasteiger partial charge >= 0.3 is 0 Å². The minimum atomic E-state index is -0.142. The van der Waals surface area contributed by atoms with Gasteiger partial charge in [0, 0.05) is 17.8 Å². The second-order valence-electron chi connectivity index (χ2n) is 5.61. The highest BCUT2D eigenvalue weighted by molar-refractivity contribution is 9.10.